The summed E-state index contributed by atoms with van der Waals surface area (Å²) in [6.45, 7) is 10.7. The lowest BCUT2D eigenvalue weighted by Crippen LogP contribution is -2.48. The molecule has 0 saturated heterocycles. The average molecular weight is 428 g/mol. The number of hydrogen-bond acceptors (Lipinski definition) is 3. The lowest BCUT2D eigenvalue weighted by atomic mass is 10.1. The molecular weight excluding hydrogens is 402 g/mol. The first-order valence-corrected chi connectivity index (χ1v) is 10.9. The highest BCUT2D eigenvalue weighted by molar-refractivity contribution is 7.99. The molecule has 0 radical (unpaired) electrons. The number of anilines is 2. The molecule has 0 fully saturated rings. The summed E-state index contributed by atoms with van der Waals surface area (Å²) >= 11 is 7.88. The van der Waals surface area contributed by atoms with Crippen molar-refractivity contribution in [2.24, 2.45) is 0 Å². The molecule has 0 aromatic heterocycles. The zero-order valence-electron chi connectivity index (χ0n) is 17.3. The van der Waals surface area contributed by atoms with Crippen LogP contribution in [0.4, 0.5) is 16.2 Å². The minimum Gasteiger partial charge on any atom is -0.322 e. The van der Waals surface area contributed by atoms with E-state index in [9.17, 15) is 4.79 Å². The highest BCUT2D eigenvalue weighted by Crippen LogP contribution is 2.48. The van der Waals surface area contributed by atoms with Gasteiger partial charge in [-0.25, -0.2) is 4.79 Å². The van der Waals surface area contributed by atoms with E-state index in [0.717, 1.165) is 34.3 Å². The highest BCUT2D eigenvalue weighted by Gasteiger charge is 2.31. The van der Waals surface area contributed by atoms with Crippen LogP contribution in [0.2, 0.25) is 5.02 Å². The molecule has 1 aliphatic heterocycles. The summed E-state index contributed by atoms with van der Waals surface area (Å²) in [5, 5.41) is 3.68. The molecule has 2 aromatic rings. The Morgan fingerprint density at radius 3 is 2.55 bits per heavy atom. The van der Waals surface area contributed by atoms with Gasteiger partial charge in [-0.1, -0.05) is 61.2 Å². The molecule has 152 valence electrons. The maximum Gasteiger partial charge on any atom is 0.327 e. The second-order valence-electron chi connectivity index (χ2n) is 7.34. The van der Waals surface area contributed by atoms with Crippen LogP contribution in [0.1, 0.15) is 27.7 Å². The van der Waals surface area contributed by atoms with Gasteiger partial charge in [0.25, 0.3) is 0 Å². The monoisotopic (exact) mass is 427 g/mol. The van der Waals surface area contributed by atoms with Gasteiger partial charge in [0.2, 0.25) is 0 Å². The molecule has 2 aromatic carbocycles. The van der Waals surface area contributed by atoms with Crippen LogP contribution < -0.4 is 10.2 Å². The quantitative estimate of drug-likeness (QED) is 0.628. The summed E-state index contributed by atoms with van der Waals surface area (Å²) < 4.78 is 0. The van der Waals surface area contributed by atoms with Crippen LogP contribution in [0.5, 0.6) is 0 Å². The average Bonchev–Trinajstić information content (AvgIpc) is 2.69. The van der Waals surface area contributed by atoms with Crippen LogP contribution >= 0.6 is 23.4 Å². The van der Waals surface area contributed by atoms with E-state index in [4.69, 9.17) is 11.6 Å². The second kappa shape index (κ2) is 9.13. The van der Waals surface area contributed by atoms with Gasteiger partial charge in [-0.2, -0.15) is 0 Å². The van der Waals surface area contributed by atoms with Crippen molar-refractivity contribution >= 4 is 40.8 Å². The van der Waals surface area contributed by atoms with Crippen molar-refractivity contribution in [3.05, 3.63) is 47.5 Å². The van der Waals surface area contributed by atoms with Crippen LogP contribution in [0.15, 0.2) is 52.3 Å². The topological polar surface area (TPSA) is 35.6 Å². The molecule has 29 heavy (non-hydrogen) atoms. The SMILES string of the molecule is CCN(CC)CC#CC(C)(C)NC(=O)N1c2ccccc2Sc2ccc(Cl)cc21. The minimum absolute atomic E-state index is 0.219. The number of benzene rings is 2. The smallest absolute Gasteiger partial charge is 0.322 e. The normalized spacial score (nSPS) is 12.7. The molecule has 6 heteroatoms. The number of halogens is 1. The number of urea groups is 1. The Labute approximate surface area is 182 Å². The van der Waals surface area contributed by atoms with Crippen molar-refractivity contribution in [1.82, 2.24) is 10.2 Å². The molecule has 4 nitrogen and oxygen atoms in total. The Morgan fingerprint density at radius 1 is 1.14 bits per heavy atom. The van der Waals surface area contributed by atoms with Gasteiger partial charge >= 0.3 is 6.03 Å². The van der Waals surface area contributed by atoms with Crippen LogP contribution in [-0.2, 0) is 0 Å². The van der Waals surface area contributed by atoms with E-state index in [1.54, 1.807) is 16.7 Å². The van der Waals surface area contributed by atoms with Gasteiger partial charge in [-0.15, -0.1) is 0 Å². The minimum atomic E-state index is -0.664. The number of carbonyl (C=O) groups excluding carboxylic acids is 1. The lowest BCUT2D eigenvalue weighted by molar-refractivity contribution is 0.243. The molecule has 0 atom stereocenters. The van der Waals surface area contributed by atoms with Crippen molar-refractivity contribution in [3.8, 4) is 11.8 Å². The maximum absolute atomic E-state index is 13.3. The number of nitrogens with one attached hydrogen (secondary N) is 1. The van der Waals surface area contributed by atoms with Crippen LogP contribution in [0.25, 0.3) is 0 Å². The fraction of sp³-hybridized carbons (Fsp3) is 0.348. The number of carbonyl (C=O) groups is 1. The van der Waals surface area contributed by atoms with Crippen molar-refractivity contribution in [3.63, 3.8) is 0 Å². The number of hydrogen-bond donors (Lipinski definition) is 1. The second-order valence-corrected chi connectivity index (χ2v) is 8.86. The van der Waals surface area contributed by atoms with E-state index in [-0.39, 0.29) is 6.03 Å². The first-order chi connectivity index (χ1) is 13.8. The summed E-state index contributed by atoms with van der Waals surface area (Å²) in [5.41, 5.74) is 0.963. The number of fused-ring (bicyclic) bond motifs is 2. The molecule has 3 rings (SSSR count). The van der Waals surface area contributed by atoms with E-state index < -0.39 is 5.54 Å². The third-order valence-electron chi connectivity index (χ3n) is 4.71. The summed E-state index contributed by atoms with van der Waals surface area (Å²) in [5.74, 6) is 6.41. The molecule has 0 aliphatic carbocycles. The number of para-hydroxylation sites is 1. The van der Waals surface area contributed by atoms with E-state index in [1.165, 1.54) is 0 Å². The van der Waals surface area contributed by atoms with E-state index in [2.05, 4.69) is 35.9 Å². The Balaban J connectivity index is 1.87. The molecule has 0 bridgehead atoms. The van der Waals surface area contributed by atoms with Crippen molar-refractivity contribution in [2.45, 2.75) is 43.0 Å². The molecule has 1 heterocycles. The van der Waals surface area contributed by atoms with Gasteiger partial charge < -0.3 is 5.32 Å². The van der Waals surface area contributed by atoms with Crippen LogP contribution in [0, 0.1) is 11.8 Å². The molecule has 1 N–H and O–H groups in total. The van der Waals surface area contributed by atoms with Gasteiger partial charge in [-0.05, 0) is 57.3 Å². The standard InChI is InChI=1S/C23H26ClN3OS/c1-5-26(6-2)15-9-14-23(3,4)25-22(28)27-18-10-7-8-11-20(18)29-21-13-12-17(24)16-19(21)27/h7-8,10-13,16H,5-6,15H2,1-4H3,(H,25,28). The first kappa shape index (κ1) is 21.6. The maximum atomic E-state index is 13.3. The zero-order valence-corrected chi connectivity index (χ0v) is 18.8. The number of nitrogens with zero attached hydrogens (tertiary/aromatic N) is 2. The van der Waals surface area contributed by atoms with E-state index in [0.29, 0.717) is 11.6 Å². The summed E-state index contributed by atoms with van der Waals surface area (Å²) in [7, 11) is 0. The van der Waals surface area contributed by atoms with E-state index in [1.807, 2.05) is 56.3 Å². The molecule has 0 unspecified atom stereocenters. The van der Waals surface area contributed by atoms with Crippen molar-refractivity contribution < 1.29 is 4.79 Å². The lowest BCUT2D eigenvalue weighted by Gasteiger charge is -2.33. The molecule has 0 spiro atoms. The Kier molecular flexibility index (Phi) is 6.79. The van der Waals surface area contributed by atoms with Crippen LogP contribution in [-0.4, -0.2) is 36.1 Å². The van der Waals surface area contributed by atoms with Crippen molar-refractivity contribution in [1.29, 1.82) is 0 Å². The Bertz CT molecular complexity index is 960. The molecule has 1 aliphatic rings. The number of rotatable bonds is 4. The van der Waals surface area contributed by atoms with Gasteiger partial charge in [0.1, 0.15) is 0 Å². The molecule has 2 amide bonds. The van der Waals surface area contributed by atoms with Gasteiger partial charge in [0.15, 0.2) is 0 Å². The van der Waals surface area contributed by atoms with Gasteiger partial charge in [0.05, 0.1) is 23.5 Å². The van der Waals surface area contributed by atoms with Crippen molar-refractivity contribution in [2.75, 3.05) is 24.5 Å². The molecule has 0 saturated carbocycles. The third-order valence-corrected chi connectivity index (χ3v) is 6.07. The number of amides is 2. The third kappa shape index (κ3) is 5.08. The Morgan fingerprint density at radius 2 is 1.83 bits per heavy atom. The highest BCUT2D eigenvalue weighted by atomic mass is 35.5. The fourth-order valence-electron chi connectivity index (χ4n) is 3.12. The summed E-state index contributed by atoms with van der Waals surface area (Å²) in [4.78, 5) is 19.3. The van der Waals surface area contributed by atoms with Crippen LogP contribution in [0.3, 0.4) is 0 Å². The largest absolute Gasteiger partial charge is 0.327 e. The zero-order chi connectivity index (χ0) is 21.0. The summed E-state index contributed by atoms with van der Waals surface area (Å²) in [6, 6.07) is 13.3. The predicted octanol–water partition coefficient (Wildman–Crippen LogP) is 5.78. The molecular formula is C23H26ClN3OS. The summed E-state index contributed by atoms with van der Waals surface area (Å²) in [6.07, 6.45) is 0. The van der Waals surface area contributed by atoms with Gasteiger partial charge in [-0.3, -0.25) is 9.80 Å². The predicted molar refractivity (Wildman–Crippen MR) is 122 cm³/mol. The van der Waals surface area contributed by atoms with Gasteiger partial charge in [0, 0.05) is 14.8 Å². The van der Waals surface area contributed by atoms with E-state index >= 15 is 0 Å². The fourth-order valence-corrected chi connectivity index (χ4v) is 4.33. The Hall–Kier alpha value is -2.13. The first-order valence-electron chi connectivity index (χ1n) is 9.75.